The predicted octanol–water partition coefficient (Wildman–Crippen LogP) is 9.70. The average Bonchev–Trinajstić information content (AvgIpc) is 3.76. The van der Waals surface area contributed by atoms with Crippen LogP contribution >= 0.6 is 11.6 Å². The number of aromatic nitrogens is 2. The number of amides is 1. The number of nitro groups is 1. The molecule has 0 radical (unpaired) electrons. The fourth-order valence-corrected chi connectivity index (χ4v) is 11.3. The number of nitrogens with zero attached hydrogens (tertiary/aromatic N) is 4. The van der Waals surface area contributed by atoms with Crippen molar-refractivity contribution in [3.05, 3.63) is 117 Å². The Labute approximate surface area is 390 Å². The Morgan fingerprint density at radius 3 is 2.52 bits per heavy atom. The number of aromatic amines is 1. The highest BCUT2D eigenvalue weighted by molar-refractivity contribution is 7.90. The smallest absolute Gasteiger partial charge is 0.277 e. The number of allylic oxidation sites excluding steroid dienone is 1. The number of rotatable bonds is 12. The van der Waals surface area contributed by atoms with Gasteiger partial charge in [0.1, 0.15) is 22.9 Å². The van der Waals surface area contributed by atoms with Crippen molar-refractivity contribution in [3.63, 3.8) is 0 Å². The summed E-state index contributed by atoms with van der Waals surface area (Å²) in [5, 5.41) is 24.3. The Kier molecular flexibility index (Phi) is 12.7. The van der Waals surface area contributed by atoms with Gasteiger partial charge in [0, 0.05) is 73.2 Å². The summed E-state index contributed by atoms with van der Waals surface area (Å²) >= 11 is 6.25. The van der Waals surface area contributed by atoms with E-state index in [9.17, 15) is 28.4 Å². The highest BCUT2D eigenvalue weighted by Crippen LogP contribution is 2.44. The van der Waals surface area contributed by atoms with Crippen LogP contribution in [0.1, 0.15) is 93.6 Å². The topological polar surface area (TPSA) is 180 Å². The Balaban J connectivity index is 0.929. The highest BCUT2D eigenvalue weighted by atomic mass is 35.5. The molecule has 3 N–H and O–H groups in total. The standard InChI is InChI=1S/C50H57ClN6O8S/c1-49(2)14-12-36(43(28-49)34-4-6-37(51)7-5-34)30-55-18-20-56(21-19-55)38-8-9-41(46(25-38)65-39-24-35-13-17-52-47(35)53-29-39)48(58)54-66(62,63)40-26-44(57(60)61)42-23-33(31-64-45(42)27-40)22-32-10-15-50(3,59)16-11-32/h4-9,13,17,24-27,29,32-33,59H,10-12,14-16,18-23,28,30-31H2,1-3H3,(H,52,53)(H,54,58)/t32?,33-,50?/m0/s1. The van der Waals surface area contributed by atoms with Gasteiger partial charge in [0.25, 0.3) is 21.6 Å². The number of benzene rings is 3. The minimum atomic E-state index is -4.64. The van der Waals surface area contributed by atoms with E-state index >= 15 is 0 Å². The number of H-pyrrole nitrogens is 1. The van der Waals surface area contributed by atoms with Crippen LogP contribution in [0.15, 0.2) is 89.6 Å². The molecule has 2 aliphatic heterocycles. The van der Waals surface area contributed by atoms with E-state index in [1.807, 2.05) is 25.1 Å². The number of sulfonamides is 1. The van der Waals surface area contributed by atoms with E-state index in [4.69, 9.17) is 21.1 Å². The lowest BCUT2D eigenvalue weighted by Gasteiger charge is -2.39. The third-order valence-corrected chi connectivity index (χ3v) is 15.6. The van der Waals surface area contributed by atoms with Gasteiger partial charge in [-0.05, 0) is 129 Å². The van der Waals surface area contributed by atoms with Crippen molar-refractivity contribution in [1.82, 2.24) is 19.6 Å². The van der Waals surface area contributed by atoms with Crippen molar-refractivity contribution in [1.29, 1.82) is 0 Å². The second-order valence-electron chi connectivity index (χ2n) is 19.7. The number of ether oxygens (including phenoxy) is 2. The molecule has 2 aromatic heterocycles. The van der Waals surface area contributed by atoms with Gasteiger partial charge in [-0.3, -0.25) is 19.8 Å². The highest BCUT2D eigenvalue weighted by Gasteiger charge is 2.36. The molecule has 0 spiro atoms. The SMILES string of the molecule is CC1(C)CCC(CN2CCN(c3ccc(C(=O)NS(=O)(=O)c4cc5c(c([N+](=O)[O-])c4)C[C@H](CC4CCC(C)(O)CC4)CO5)c(Oc4cnc5[nH]ccc5c4)c3)CC2)=C(c2ccc(Cl)cc2)C1. The summed E-state index contributed by atoms with van der Waals surface area (Å²) in [4.78, 5) is 37.7. The summed E-state index contributed by atoms with van der Waals surface area (Å²) < 4.78 is 42.5. The summed E-state index contributed by atoms with van der Waals surface area (Å²) in [5.41, 5.74) is 5.02. The maximum atomic E-state index is 14.1. The number of anilines is 1. The van der Waals surface area contributed by atoms with E-state index in [0.717, 1.165) is 93.4 Å². The van der Waals surface area contributed by atoms with Crippen LogP contribution in [0.3, 0.4) is 0 Å². The van der Waals surface area contributed by atoms with E-state index in [-0.39, 0.29) is 40.7 Å². The van der Waals surface area contributed by atoms with Crippen LogP contribution in [0.25, 0.3) is 16.6 Å². The number of aliphatic hydroxyl groups is 1. The Morgan fingerprint density at radius 2 is 1.77 bits per heavy atom. The molecule has 66 heavy (non-hydrogen) atoms. The first-order valence-electron chi connectivity index (χ1n) is 22.9. The molecular weight excluding hydrogens is 880 g/mol. The molecule has 2 aliphatic carbocycles. The normalized spacial score (nSPS) is 22.4. The lowest BCUT2D eigenvalue weighted by Crippen LogP contribution is -2.47. The second kappa shape index (κ2) is 18.3. The average molecular weight is 938 g/mol. The van der Waals surface area contributed by atoms with Crippen LogP contribution in [0, 0.1) is 27.4 Å². The molecule has 9 rings (SSSR count). The maximum absolute atomic E-state index is 14.1. The summed E-state index contributed by atoms with van der Waals surface area (Å²) in [6, 6.07) is 19.1. The number of nitro benzene ring substituents is 1. The summed E-state index contributed by atoms with van der Waals surface area (Å²) in [5.74, 6) is -0.0154. The number of nitrogens with one attached hydrogen (secondary N) is 2. The van der Waals surface area contributed by atoms with Gasteiger partial charge in [0.05, 0.1) is 39.4 Å². The minimum Gasteiger partial charge on any atom is -0.493 e. The number of hydrogen-bond acceptors (Lipinski definition) is 11. The Bertz CT molecular complexity index is 2790. The van der Waals surface area contributed by atoms with E-state index in [2.05, 4.69) is 50.5 Å². The second-order valence-corrected chi connectivity index (χ2v) is 21.8. The van der Waals surface area contributed by atoms with Gasteiger partial charge in [0.2, 0.25) is 0 Å². The zero-order valence-corrected chi connectivity index (χ0v) is 39.2. The fraction of sp³-hybridized carbons (Fsp3) is 0.440. The molecule has 1 saturated carbocycles. The molecule has 5 aromatic rings. The molecule has 1 saturated heterocycles. The first-order chi connectivity index (χ1) is 31.5. The summed E-state index contributed by atoms with van der Waals surface area (Å²) in [6.07, 6.45) is 10.8. The molecule has 16 heteroatoms. The van der Waals surface area contributed by atoms with Crippen molar-refractivity contribution in [2.45, 2.75) is 89.1 Å². The molecule has 1 amide bonds. The molecule has 348 valence electrons. The number of hydrogen-bond donors (Lipinski definition) is 3. The largest absolute Gasteiger partial charge is 0.493 e. The van der Waals surface area contributed by atoms with Gasteiger partial charge in [-0.25, -0.2) is 18.1 Å². The van der Waals surface area contributed by atoms with E-state index in [1.54, 1.807) is 30.5 Å². The van der Waals surface area contributed by atoms with Crippen LogP contribution in [-0.4, -0.2) is 84.2 Å². The zero-order valence-electron chi connectivity index (χ0n) is 37.6. The van der Waals surface area contributed by atoms with Crippen LogP contribution < -0.4 is 19.1 Å². The maximum Gasteiger partial charge on any atom is 0.277 e. The predicted molar refractivity (Wildman–Crippen MR) is 255 cm³/mol. The Hall–Kier alpha value is -5.48. The lowest BCUT2D eigenvalue weighted by molar-refractivity contribution is -0.386. The zero-order chi connectivity index (χ0) is 46.4. The first kappa shape index (κ1) is 45.7. The van der Waals surface area contributed by atoms with Crippen LogP contribution in [-0.2, 0) is 16.4 Å². The van der Waals surface area contributed by atoms with Gasteiger partial charge in [-0.1, -0.05) is 43.2 Å². The van der Waals surface area contributed by atoms with Gasteiger partial charge < -0.3 is 24.5 Å². The third kappa shape index (κ3) is 10.2. The van der Waals surface area contributed by atoms with Gasteiger partial charge in [-0.15, -0.1) is 0 Å². The number of halogens is 1. The van der Waals surface area contributed by atoms with Gasteiger partial charge in [0.15, 0.2) is 0 Å². The van der Waals surface area contributed by atoms with Crippen LogP contribution in [0.5, 0.6) is 17.2 Å². The molecule has 3 aromatic carbocycles. The fourth-order valence-electron chi connectivity index (χ4n) is 10.2. The molecule has 2 fully saturated rings. The van der Waals surface area contributed by atoms with Crippen molar-refractivity contribution < 1.29 is 32.7 Å². The number of carbonyl (C=O) groups is 1. The number of fused-ring (bicyclic) bond motifs is 2. The van der Waals surface area contributed by atoms with Crippen molar-refractivity contribution in [2.24, 2.45) is 17.3 Å². The number of piperazine rings is 1. The van der Waals surface area contributed by atoms with E-state index in [1.165, 1.54) is 29.0 Å². The minimum absolute atomic E-state index is 0.00540. The molecule has 14 nitrogen and oxygen atoms in total. The number of carbonyl (C=O) groups excluding carboxylic acids is 1. The van der Waals surface area contributed by atoms with Gasteiger partial charge >= 0.3 is 0 Å². The van der Waals surface area contributed by atoms with Gasteiger partial charge in [-0.2, -0.15) is 0 Å². The third-order valence-electron chi connectivity index (χ3n) is 14.1. The van der Waals surface area contributed by atoms with Crippen LogP contribution in [0.4, 0.5) is 11.4 Å². The van der Waals surface area contributed by atoms with Crippen LogP contribution in [0.2, 0.25) is 5.02 Å². The number of pyridine rings is 1. The molecule has 4 heterocycles. The van der Waals surface area contributed by atoms with Crippen molar-refractivity contribution in [3.8, 4) is 17.2 Å². The quantitative estimate of drug-likeness (QED) is 0.0801. The van der Waals surface area contributed by atoms with E-state index < -0.39 is 31.4 Å². The molecule has 1 atom stereocenters. The molecular formula is C50H57ClN6O8S. The molecule has 4 aliphatic rings. The first-order valence-corrected chi connectivity index (χ1v) is 24.8. The van der Waals surface area contributed by atoms with Crippen molar-refractivity contribution >= 4 is 55.5 Å². The lowest BCUT2D eigenvalue weighted by atomic mass is 9.72. The summed E-state index contributed by atoms with van der Waals surface area (Å²) in [6.45, 7) is 10.7. The summed E-state index contributed by atoms with van der Waals surface area (Å²) in [7, 11) is -4.64. The van der Waals surface area contributed by atoms with E-state index in [0.29, 0.717) is 42.1 Å². The Morgan fingerprint density at radius 1 is 1.02 bits per heavy atom. The molecule has 0 bridgehead atoms. The molecule has 0 unspecified atom stereocenters. The monoisotopic (exact) mass is 936 g/mol. The van der Waals surface area contributed by atoms with Crippen molar-refractivity contribution in [2.75, 3.05) is 44.2 Å².